The average molecular weight is 321 g/mol. The number of hydrogen-bond acceptors (Lipinski definition) is 4. The van der Waals surface area contributed by atoms with Crippen molar-refractivity contribution in [3.63, 3.8) is 0 Å². The molecule has 1 aromatic rings. The van der Waals surface area contributed by atoms with Crippen LogP contribution in [0.1, 0.15) is 43.6 Å². The van der Waals surface area contributed by atoms with Gasteiger partial charge in [-0.3, -0.25) is 0 Å². The van der Waals surface area contributed by atoms with E-state index in [1.54, 1.807) is 6.08 Å². The zero-order chi connectivity index (χ0) is 17.4. The fraction of sp³-hybridized carbons (Fsp3) is 0.438. The Morgan fingerprint density at radius 1 is 1.30 bits per heavy atom. The van der Waals surface area contributed by atoms with Crippen LogP contribution in [0.3, 0.4) is 0 Å². The number of benzene rings is 1. The molecule has 0 radical (unpaired) electrons. The minimum Gasteiger partial charge on any atom is -0.478 e. The van der Waals surface area contributed by atoms with Gasteiger partial charge in [0.25, 0.3) is 0 Å². The van der Waals surface area contributed by atoms with Gasteiger partial charge in [-0.2, -0.15) is 0 Å². The number of carboxylic acid groups (broad SMARTS) is 1. The number of carbonyl (C=O) groups is 1. The van der Waals surface area contributed by atoms with E-state index in [1.165, 1.54) is 12.1 Å². The van der Waals surface area contributed by atoms with Gasteiger partial charge in [-0.1, -0.05) is 12.1 Å². The third-order valence-electron chi connectivity index (χ3n) is 4.37. The molecule has 0 aromatic heterocycles. The van der Waals surface area contributed by atoms with Crippen LogP contribution in [0.15, 0.2) is 23.7 Å². The second-order valence-corrected chi connectivity index (χ2v) is 6.56. The van der Waals surface area contributed by atoms with Crippen LogP contribution in [-0.2, 0) is 9.31 Å². The minimum atomic E-state index is -1.30. The molecule has 1 heterocycles. The lowest BCUT2D eigenvalue weighted by molar-refractivity contribution is 0.00578. The molecule has 0 saturated carbocycles. The second-order valence-electron chi connectivity index (χ2n) is 6.56. The highest BCUT2D eigenvalue weighted by Gasteiger charge is 2.52. The van der Waals surface area contributed by atoms with Gasteiger partial charge in [0.15, 0.2) is 0 Å². The van der Waals surface area contributed by atoms with E-state index in [4.69, 9.17) is 20.1 Å². The van der Waals surface area contributed by atoms with E-state index in [1.807, 2.05) is 27.7 Å². The Labute approximate surface area is 135 Å². The van der Waals surface area contributed by atoms with Gasteiger partial charge in [-0.05, 0) is 50.9 Å². The van der Waals surface area contributed by atoms with Crippen molar-refractivity contribution in [2.75, 3.05) is 6.54 Å². The van der Waals surface area contributed by atoms with Gasteiger partial charge >= 0.3 is 13.1 Å². The predicted octanol–water partition coefficient (Wildman–Crippen LogP) is 2.50. The highest BCUT2D eigenvalue weighted by Crippen LogP contribution is 2.38. The number of aromatic carboxylic acids is 1. The molecule has 3 N–H and O–H groups in total. The maximum Gasteiger partial charge on any atom is 0.491 e. The molecule has 7 heteroatoms. The van der Waals surface area contributed by atoms with Crippen LogP contribution >= 0.6 is 0 Å². The predicted molar refractivity (Wildman–Crippen MR) is 86.5 cm³/mol. The third-order valence-corrected chi connectivity index (χ3v) is 4.37. The maximum absolute atomic E-state index is 13.8. The molecule has 1 aliphatic heterocycles. The first-order valence-corrected chi connectivity index (χ1v) is 7.36. The number of halogens is 1. The monoisotopic (exact) mass is 321 g/mol. The zero-order valence-electron chi connectivity index (χ0n) is 13.7. The summed E-state index contributed by atoms with van der Waals surface area (Å²) in [4.78, 5) is 10.8. The highest BCUT2D eigenvalue weighted by atomic mass is 19.1. The van der Waals surface area contributed by atoms with Crippen LogP contribution in [0, 0.1) is 5.82 Å². The summed E-state index contributed by atoms with van der Waals surface area (Å²) < 4.78 is 25.6. The van der Waals surface area contributed by atoms with Gasteiger partial charge in [-0.25, -0.2) is 9.18 Å². The molecule has 0 unspecified atom stereocenters. The van der Waals surface area contributed by atoms with Crippen LogP contribution in [0.4, 0.5) is 4.39 Å². The SMILES string of the molecule is CC1(C)OB(C(=Cc2ccc(C(=O)O)c(F)c2)CN)OC1(C)C. The van der Waals surface area contributed by atoms with Crippen molar-refractivity contribution < 1.29 is 23.6 Å². The Hall–Kier alpha value is -1.70. The maximum atomic E-state index is 13.8. The lowest BCUT2D eigenvalue weighted by Crippen LogP contribution is -2.41. The Kier molecular flexibility index (Phi) is 4.66. The van der Waals surface area contributed by atoms with Gasteiger partial charge in [0, 0.05) is 6.54 Å². The molecule has 23 heavy (non-hydrogen) atoms. The van der Waals surface area contributed by atoms with E-state index in [0.717, 1.165) is 6.07 Å². The summed E-state index contributed by atoms with van der Waals surface area (Å²) in [7, 11) is -0.618. The van der Waals surface area contributed by atoms with Gasteiger partial charge in [0.05, 0.1) is 16.8 Å². The molecule has 124 valence electrons. The van der Waals surface area contributed by atoms with E-state index in [0.29, 0.717) is 11.0 Å². The van der Waals surface area contributed by atoms with Crippen LogP contribution in [0.5, 0.6) is 0 Å². The lowest BCUT2D eigenvalue weighted by atomic mass is 9.77. The van der Waals surface area contributed by atoms with Gasteiger partial charge < -0.3 is 20.1 Å². The first-order valence-electron chi connectivity index (χ1n) is 7.36. The first kappa shape index (κ1) is 17.7. The zero-order valence-corrected chi connectivity index (χ0v) is 13.7. The van der Waals surface area contributed by atoms with Gasteiger partial charge in [0.1, 0.15) is 5.82 Å². The number of nitrogens with two attached hydrogens (primary N) is 1. The molecule has 5 nitrogen and oxygen atoms in total. The molecular formula is C16H21BFNO4. The summed E-state index contributed by atoms with van der Waals surface area (Å²) in [5.41, 5.74) is 5.58. The molecule has 1 aromatic carbocycles. The molecular weight excluding hydrogens is 300 g/mol. The van der Waals surface area contributed by atoms with Crippen molar-refractivity contribution in [3.8, 4) is 0 Å². The summed E-state index contributed by atoms with van der Waals surface area (Å²) in [6.07, 6.45) is 1.66. The van der Waals surface area contributed by atoms with E-state index in [9.17, 15) is 9.18 Å². The summed E-state index contributed by atoms with van der Waals surface area (Å²) >= 11 is 0. The first-order chi connectivity index (χ1) is 10.6. The third kappa shape index (κ3) is 3.47. The fourth-order valence-corrected chi connectivity index (χ4v) is 2.23. The highest BCUT2D eigenvalue weighted by molar-refractivity contribution is 6.55. The van der Waals surface area contributed by atoms with Crippen molar-refractivity contribution >= 4 is 19.2 Å². The van der Waals surface area contributed by atoms with E-state index < -0.39 is 30.1 Å². The van der Waals surface area contributed by atoms with Crippen molar-refractivity contribution in [2.45, 2.75) is 38.9 Å². The molecule has 1 saturated heterocycles. The molecule has 1 fully saturated rings. The van der Waals surface area contributed by atoms with Gasteiger partial charge in [-0.15, -0.1) is 0 Å². The molecule has 0 amide bonds. The number of carboxylic acids is 1. The molecule has 0 spiro atoms. The molecule has 0 atom stereocenters. The van der Waals surface area contributed by atoms with Crippen LogP contribution < -0.4 is 5.73 Å². The second kappa shape index (κ2) is 6.07. The quantitative estimate of drug-likeness (QED) is 0.833. The molecule has 2 rings (SSSR count). The smallest absolute Gasteiger partial charge is 0.478 e. The fourth-order valence-electron chi connectivity index (χ4n) is 2.23. The summed E-state index contributed by atoms with van der Waals surface area (Å²) in [6, 6.07) is 3.90. The van der Waals surface area contributed by atoms with Gasteiger partial charge in [0.2, 0.25) is 0 Å². The minimum absolute atomic E-state index is 0.180. The largest absolute Gasteiger partial charge is 0.491 e. The van der Waals surface area contributed by atoms with Crippen molar-refractivity contribution in [3.05, 3.63) is 40.6 Å². The Bertz CT molecular complexity index is 641. The topological polar surface area (TPSA) is 81.8 Å². The summed E-state index contributed by atoms with van der Waals surface area (Å²) in [5.74, 6) is -2.10. The van der Waals surface area contributed by atoms with Crippen LogP contribution in [0.25, 0.3) is 6.08 Å². The summed E-state index contributed by atoms with van der Waals surface area (Å²) in [5, 5.41) is 8.86. The number of rotatable bonds is 4. The van der Waals surface area contributed by atoms with Crippen molar-refractivity contribution in [2.24, 2.45) is 5.73 Å². The van der Waals surface area contributed by atoms with E-state index >= 15 is 0 Å². The lowest BCUT2D eigenvalue weighted by Gasteiger charge is -2.32. The average Bonchev–Trinajstić information content (AvgIpc) is 2.64. The Morgan fingerprint density at radius 2 is 1.87 bits per heavy atom. The van der Waals surface area contributed by atoms with Crippen LogP contribution in [0.2, 0.25) is 0 Å². The molecule has 0 bridgehead atoms. The molecule has 1 aliphatic rings. The van der Waals surface area contributed by atoms with Crippen molar-refractivity contribution in [1.82, 2.24) is 0 Å². The van der Waals surface area contributed by atoms with Crippen molar-refractivity contribution in [1.29, 1.82) is 0 Å². The van der Waals surface area contributed by atoms with Crippen LogP contribution in [-0.4, -0.2) is 35.9 Å². The summed E-state index contributed by atoms with van der Waals surface area (Å²) in [6.45, 7) is 7.91. The Morgan fingerprint density at radius 3 is 2.30 bits per heavy atom. The number of hydrogen-bond donors (Lipinski definition) is 2. The van der Waals surface area contributed by atoms with E-state index in [-0.39, 0.29) is 12.1 Å². The van der Waals surface area contributed by atoms with E-state index in [2.05, 4.69) is 0 Å². The standard InChI is InChI=1S/C16H21BFNO4/c1-15(2)16(3,4)23-17(22-15)11(9-19)7-10-5-6-12(14(20)21)13(18)8-10/h5-8H,9,19H2,1-4H3,(H,20,21). The normalized spacial score (nSPS) is 19.9. The Balaban J connectivity index is 2.30. The molecule has 0 aliphatic carbocycles.